The van der Waals surface area contributed by atoms with Crippen molar-refractivity contribution in [3.05, 3.63) is 29.3 Å². The first kappa shape index (κ1) is 17.3. The molecule has 6 heteroatoms. The molecule has 1 aromatic rings. The van der Waals surface area contributed by atoms with Gasteiger partial charge >= 0.3 is 0 Å². The fraction of sp³-hybridized carbons (Fsp3) is 0.529. The van der Waals surface area contributed by atoms with Gasteiger partial charge in [-0.05, 0) is 36.8 Å². The maximum Gasteiger partial charge on any atom is 0.246 e. The van der Waals surface area contributed by atoms with Crippen LogP contribution in [0.3, 0.4) is 0 Å². The molecule has 1 aromatic carbocycles. The number of nitrogens with two attached hydrogens (primary N) is 2. The lowest BCUT2D eigenvalue weighted by atomic mass is 10.0. The van der Waals surface area contributed by atoms with Gasteiger partial charge in [0.25, 0.3) is 0 Å². The average Bonchev–Trinajstić information content (AvgIpc) is 3.02. The lowest BCUT2D eigenvalue weighted by Gasteiger charge is -2.15. The van der Waals surface area contributed by atoms with Crippen LogP contribution in [0.4, 0.5) is 5.69 Å². The number of hydrogen-bond acceptors (Lipinski definition) is 3. The Bertz CT molecular complexity index is 564. The predicted octanol–water partition coefficient (Wildman–Crippen LogP) is 1.57. The summed E-state index contributed by atoms with van der Waals surface area (Å²) in [6, 6.07) is 6.24. The minimum atomic E-state index is -0.489. The number of aryl methyl sites for hydroxylation is 2. The standard InChI is InChI=1S/C17H26N4O2/c1-3-11-6-5-7-12(4-2)15(11)21-17(19)20-10-13-8-9-14(23-13)16(18)22/h5-7,13-14H,3-4,8-10H2,1-2H3,(H2,18,22)(H3,19,20,21). The molecule has 6 nitrogen and oxygen atoms in total. The van der Waals surface area contributed by atoms with Crippen molar-refractivity contribution in [3.8, 4) is 0 Å². The lowest BCUT2D eigenvalue weighted by molar-refractivity contribution is -0.128. The van der Waals surface area contributed by atoms with Gasteiger partial charge in [0.1, 0.15) is 6.10 Å². The molecule has 0 spiro atoms. The number of hydrogen-bond donors (Lipinski definition) is 3. The van der Waals surface area contributed by atoms with Crippen molar-refractivity contribution >= 4 is 17.6 Å². The van der Waals surface area contributed by atoms with E-state index in [0.29, 0.717) is 18.9 Å². The van der Waals surface area contributed by atoms with Gasteiger partial charge < -0.3 is 21.5 Å². The van der Waals surface area contributed by atoms with Crippen molar-refractivity contribution < 1.29 is 9.53 Å². The van der Waals surface area contributed by atoms with Crippen LogP contribution >= 0.6 is 0 Å². The van der Waals surface area contributed by atoms with Gasteiger partial charge in [0, 0.05) is 5.69 Å². The van der Waals surface area contributed by atoms with Crippen molar-refractivity contribution in [2.24, 2.45) is 16.5 Å². The van der Waals surface area contributed by atoms with Gasteiger partial charge in [-0.1, -0.05) is 32.0 Å². The van der Waals surface area contributed by atoms with Crippen LogP contribution in [0.25, 0.3) is 0 Å². The van der Waals surface area contributed by atoms with Crippen LogP contribution < -0.4 is 16.8 Å². The molecule has 1 heterocycles. The largest absolute Gasteiger partial charge is 0.370 e. The zero-order valence-corrected chi connectivity index (χ0v) is 13.8. The maximum atomic E-state index is 11.1. The number of aliphatic imine (C=N–C) groups is 1. The van der Waals surface area contributed by atoms with Gasteiger partial charge in [0.15, 0.2) is 5.96 Å². The third-order valence-electron chi connectivity index (χ3n) is 4.14. The predicted molar refractivity (Wildman–Crippen MR) is 92.4 cm³/mol. The molecule has 0 bridgehead atoms. The summed E-state index contributed by atoms with van der Waals surface area (Å²) in [5.74, 6) is -0.0428. The van der Waals surface area contributed by atoms with E-state index < -0.39 is 12.0 Å². The highest BCUT2D eigenvalue weighted by molar-refractivity contribution is 5.93. The molecular formula is C17H26N4O2. The van der Waals surface area contributed by atoms with Gasteiger partial charge in [-0.3, -0.25) is 9.79 Å². The Labute approximate surface area is 137 Å². The number of benzene rings is 1. The van der Waals surface area contributed by atoms with Gasteiger partial charge in [-0.25, -0.2) is 0 Å². The Balaban J connectivity index is 1.99. The van der Waals surface area contributed by atoms with Crippen LogP contribution in [0, 0.1) is 0 Å². The molecule has 126 valence electrons. The summed E-state index contributed by atoms with van der Waals surface area (Å²) in [6.07, 6.45) is 2.69. The Morgan fingerprint density at radius 1 is 1.26 bits per heavy atom. The number of anilines is 1. The van der Waals surface area contributed by atoms with E-state index in [4.69, 9.17) is 16.2 Å². The number of para-hydroxylation sites is 1. The highest BCUT2D eigenvalue weighted by Crippen LogP contribution is 2.23. The second kappa shape index (κ2) is 7.97. The number of rotatable bonds is 6. The summed E-state index contributed by atoms with van der Waals surface area (Å²) in [4.78, 5) is 15.4. The van der Waals surface area contributed by atoms with Crippen LogP contribution in [0.5, 0.6) is 0 Å². The fourth-order valence-electron chi connectivity index (χ4n) is 2.82. The number of guanidine groups is 1. The van der Waals surface area contributed by atoms with E-state index in [9.17, 15) is 4.79 Å². The van der Waals surface area contributed by atoms with Crippen molar-refractivity contribution in [2.75, 3.05) is 11.9 Å². The molecule has 5 N–H and O–H groups in total. The van der Waals surface area contributed by atoms with E-state index in [0.717, 1.165) is 24.9 Å². The monoisotopic (exact) mass is 318 g/mol. The highest BCUT2D eigenvalue weighted by atomic mass is 16.5. The van der Waals surface area contributed by atoms with Crippen LogP contribution in [0.2, 0.25) is 0 Å². The van der Waals surface area contributed by atoms with E-state index in [1.54, 1.807) is 0 Å². The summed E-state index contributed by atoms with van der Waals surface area (Å²) in [5, 5.41) is 3.22. The summed E-state index contributed by atoms with van der Waals surface area (Å²) in [6.45, 7) is 4.66. The first-order chi connectivity index (χ1) is 11.0. The van der Waals surface area contributed by atoms with E-state index >= 15 is 0 Å². The minimum absolute atomic E-state index is 0.0973. The van der Waals surface area contributed by atoms with Crippen LogP contribution in [0.15, 0.2) is 23.2 Å². The number of ether oxygens (including phenoxy) is 1. The Hall–Kier alpha value is -2.08. The number of amides is 1. The maximum absolute atomic E-state index is 11.1. The Morgan fingerprint density at radius 3 is 2.43 bits per heavy atom. The van der Waals surface area contributed by atoms with Gasteiger partial charge in [-0.2, -0.15) is 0 Å². The quantitative estimate of drug-likeness (QED) is 0.547. The van der Waals surface area contributed by atoms with Crippen molar-refractivity contribution in [1.82, 2.24) is 0 Å². The Morgan fingerprint density at radius 2 is 1.91 bits per heavy atom. The fourth-order valence-corrected chi connectivity index (χ4v) is 2.82. The summed E-state index contributed by atoms with van der Waals surface area (Å²) in [5.41, 5.74) is 14.7. The number of nitrogens with one attached hydrogen (secondary N) is 1. The first-order valence-corrected chi connectivity index (χ1v) is 8.17. The van der Waals surface area contributed by atoms with Crippen molar-refractivity contribution in [2.45, 2.75) is 51.7 Å². The normalized spacial score (nSPS) is 21.4. The van der Waals surface area contributed by atoms with Crippen LogP contribution in [-0.4, -0.2) is 30.6 Å². The van der Waals surface area contributed by atoms with Gasteiger partial charge in [0.2, 0.25) is 5.91 Å². The molecule has 1 aliphatic rings. The second-order valence-electron chi connectivity index (χ2n) is 5.74. The zero-order chi connectivity index (χ0) is 16.8. The molecule has 1 saturated heterocycles. The first-order valence-electron chi connectivity index (χ1n) is 8.17. The molecule has 0 saturated carbocycles. The van der Waals surface area contributed by atoms with Crippen LogP contribution in [0.1, 0.15) is 37.8 Å². The van der Waals surface area contributed by atoms with E-state index in [-0.39, 0.29) is 6.10 Å². The number of carbonyl (C=O) groups is 1. The second-order valence-corrected chi connectivity index (χ2v) is 5.74. The Kier molecular flexibility index (Phi) is 5.98. The molecule has 0 aliphatic carbocycles. The minimum Gasteiger partial charge on any atom is -0.370 e. The number of nitrogens with zero attached hydrogens (tertiary/aromatic N) is 1. The smallest absolute Gasteiger partial charge is 0.246 e. The summed E-state index contributed by atoms with van der Waals surface area (Å²) in [7, 11) is 0. The van der Waals surface area contributed by atoms with Gasteiger partial charge in [0.05, 0.1) is 12.6 Å². The number of primary amides is 1. The molecule has 2 unspecified atom stereocenters. The molecule has 1 aliphatic heterocycles. The highest BCUT2D eigenvalue weighted by Gasteiger charge is 2.28. The average molecular weight is 318 g/mol. The SMILES string of the molecule is CCc1cccc(CC)c1NC(N)=NCC1CCC(C(N)=O)O1. The lowest BCUT2D eigenvalue weighted by Crippen LogP contribution is -2.30. The molecule has 1 fully saturated rings. The topological polar surface area (TPSA) is 103 Å². The molecule has 1 amide bonds. The van der Waals surface area contributed by atoms with E-state index in [2.05, 4.69) is 42.4 Å². The summed E-state index contributed by atoms with van der Waals surface area (Å²) >= 11 is 0. The van der Waals surface area contributed by atoms with Crippen LogP contribution in [-0.2, 0) is 22.4 Å². The number of carbonyl (C=O) groups excluding carboxylic acids is 1. The molecule has 2 atom stereocenters. The van der Waals surface area contributed by atoms with Crippen molar-refractivity contribution in [1.29, 1.82) is 0 Å². The van der Waals surface area contributed by atoms with Gasteiger partial charge in [-0.15, -0.1) is 0 Å². The van der Waals surface area contributed by atoms with Crippen molar-refractivity contribution in [3.63, 3.8) is 0 Å². The van der Waals surface area contributed by atoms with E-state index in [1.165, 1.54) is 11.1 Å². The molecular weight excluding hydrogens is 292 g/mol. The molecule has 2 rings (SSSR count). The molecule has 23 heavy (non-hydrogen) atoms. The zero-order valence-electron chi connectivity index (χ0n) is 13.8. The third-order valence-corrected chi connectivity index (χ3v) is 4.14. The van der Waals surface area contributed by atoms with E-state index in [1.807, 2.05) is 0 Å². The molecule has 0 aromatic heterocycles. The summed E-state index contributed by atoms with van der Waals surface area (Å²) < 4.78 is 5.55. The molecule has 0 radical (unpaired) electrons. The third kappa shape index (κ3) is 4.45.